The molecule has 0 spiro atoms. The smallest absolute Gasteiger partial charge is 0.238 e. The van der Waals surface area contributed by atoms with E-state index in [1.54, 1.807) is 0 Å². The maximum Gasteiger partial charge on any atom is 0.238 e. The second-order valence-corrected chi connectivity index (χ2v) is 33.8. The van der Waals surface area contributed by atoms with Gasteiger partial charge in [-0.1, -0.05) is 295 Å². The molecule has 7 nitrogen and oxygen atoms in total. The molecule has 5 heterocycles. The third-order valence-corrected chi connectivity index (χ3v) is 26.9. The van der Waals surface area contributed by atoms with Gasteiger partial charge in [0.05, 0.1) is 49.5 Å². The van der Waals surface area contributed by atoms with Crippen LogP contribution in [0.15, 0.2) is 382 Å². The molecule has 0 N–H and O–H groups in total. The summed E-state index contributed by atoms with van der Waals surface area (Å²) in [5.74, 6) is 1.71. The SMILES string of the molecule is CC1(C)c2ccccc2-c2ccc(-n3c4ccccc4c4cc(-c5ccc6c(c5)c5ccccc5n6-c5ccc6c(c5)C(c5ccccc5)(c5ccccc5)c5cc(-c7nc(-c8ccccc8)nc(-n8c9ccccc9c9cc(-c%10ccc%11c(c%10)c%10ccccc%10n%11-c%10ccc%11c(c%10)C(C)(C)c%10ccccc%10-%11)ccc98)n7)ccc5-6)ccc43)cc21. The Labute approximate surface area is 687 Å². The van der Waals surface area contributed by atoms with Crippen LogP contribution in [-0.2, 0) is 16.2 Å². The van der Waals surface area contributed by atoms with Gasteiger partial charge in [-0.15, -0.1) is 0 Å². The predicted molar refractivity (Wildman–Crippen MR) is 491 cm³/mol. The van der Waals surface area contributed by atoms with Crippen LogP contribution in [0, 0.1) is 0 Å². The lowest BCUT2D eigenvalue weighted by atomic mass is 9.67. The van der Waals surface area contributed by atoms with E-state index in [2.05, 4.69) is 422 Å². The van der Waals surface area contributed by atoms with Gasteiger partial charge in [0.1, 0.15) is 0 Å². The zero-order valence-corrected chi connectivity index (χ0v) is 66.0. The van der Waals surface area contributed by atoms with Crippen molar-refractivity contribution in [3.63, 3.8) is 0 Å². The van der Waals surface area contributed by atoms with E-state index in [4.69, 9.17) is 15.0 Å². The Hall–Kier alpha value is -15.1. The maximum absolute atomic E-state index is 5.67. The molecule has 558 valence electrons. The molecule has 0 saturated heterocycles. The molecule has 5 aromatic heterocycles. The lowest BCUT2D eigenvalue weighted by Crippen LogP contribution is -2.28. The third kappa shape index (κ3) is 9.58. The second-order valence-electron chi connectivity index (χ2n) is 33.8. The van der Waals surface area contributed by atoms with Crippen molar-refractivity contribution in [1.29, 1.82) is 0 Å². The minimum atomic E-state index is -0.784. The van der Waals surface area contributed by atoms with Gasteiger partial charge in [0, 0.05) is 82.1 Å². The number of benzene rings is 17. The number of para-hydroxylation sites is 4. The van der Waals surface area contributed by atoms with Crippen LogP contribution in [-0.4, -0.2) is 33.2 Å². The van der Waals surface area contributed by atoms with Crippen LogP contribution in [0.25, 0.3) is 189 Å². The number of nitrogens with zero attached hydrogens (tertiary/aromatic N) is 7. The summed E-state index contributed by atoms with van der Waals surface area (Å²) in [5, 5.41) is 9.51. The van der Waals surface area contributed by atoms with Crippen molar-refractivity contribution in [3.8, 4) is 101 Å². The largest absolute Gasteiger partial charge is 0.309 e. The molecule has 17 aromatic carbocycles. The zero-order valence-electron chi connectivity index (χ0n) is 66.0. The summed E-state index contributed by atoms with van der Waals surface area (Å²) in [5.41, 5.74) is 35.7. The summed E-state index contributed by atoms with van der Waals surface area (Å²) in [6.07, 6.45) is 0. The molecule has 0 amide bonds. The number of hydrogen-bond donors (Lipinski definition) is 0. The number of hydrogen-bond acceptors (Lipinski definition) is 3. The maximum atomic E-state index is 5.67. The monoisotopic (exact) mass is 1520 g/mol. The van der Waals surface area contributed by atoms with Gasteiger partial charge in [-0.05, 0) is 215 Å². The quantitative estimate of drug-likeness (QED) is 0.137. The van der Waals surface area contributed by atoms with E-state index in [1.165, 1.54) is 144 Å². The molecule has 0 fully saturated rings. The van der Waals surface area contributed by atoms with Crippen molar-refractivity contribution in [1.82, 2.24) is 33.2 Å². The molecule has 0 unspecified atom stereocenters. The molecule has 119 heavy (non-hydrogen) atoms. The highest BCUT2D eigenvalue weighted by atomic mass is 15.2. The highest BCUT2D eigenvalue weighted by Crippen LogP contribution is 2.59. The Morgan fingerprint density at radius 1 is 0.193 bits per heavy atom. The highest BCUT2D eigenvalue weighted by molar-refractivity contribution is 6.15. The van der Waals surface area contributed by atoms with Gasteiger partial charge in [0.2, 0.25) is 5.95 Å². The lowest BCUT2D eigenvalue weighted by Gasteiger charge is -2.34. The molecular weight excluding hydrogens is 1440 g/mol. The van der Waals surface area contributed by atoms with Gasteiger partial charge >= 0.3 is 0 Å². The predicted octanol–water partition coefficient (Wildman–Crippen LogP) is 27.9. The first-order valence-electron chi connectivity index (χ1n) is 41.4. The Morgan fingerprint density at radius 3 is 0.908 bits per heavy atom. The number of fused-ring (bicyclic) bond motifs is 21. The van der Waals surface area contributed by atoms with E-state index in [1.807, 2.05) is 6.07 Å². The Balaban J connectivity index is 0.607. The number of aromatic nitrogens is 7. The molecule has 0 aliphatic heterocycles. The van der Waals surface area contributed by atoms with Crippen molar-refractivity contribution in [3.05, 3.63) is 427 Å². The molecule has 3 aliphatic carbocycles. The first kappa shape index (κ1) is 67.3. The van der Waals surface area contributed by atoms with Gasteiger partial charge in [-0.3, -0.25) is 4.57 Å². The average molecular weight is 1520 g/mol. The Morgan fingerprint density at radius 2 is 0.487 bits per heavy atom. The van der Waals surface area contributed by atoms with Crippen LogP contribution in [0.2, 0.25) is 0 Å². The van der Waals surface area contributed by atoms with Crippen LogP contribution in [0.5, 0.6) is 0 Å². The minimum Gasteiger partial charge on any atom is -0.309 e. The third-order valence-electron chi connectivity index (χ3n) is 26.9. The standard InChI is InChI=1S/C112H75N7/c1-110(2)93-38-20-14-32-79(93)81-53-49-76(65-95(81)110)116-99-40-22-16-34-85(99)89-60-69(45-56-103(89)116)70-47-58-105-91(61-70)87-36-18-24-42-101(87)118(105)78-51-55-84-83-52-44-73(64-97(83)112(98(84)67-78,74-28-10-6-11-29-74)75-30-12-7-13-31-75)108-113-107(68-26-8-5-9-27-68)114-109(115-108)119-102-43-25-19-37-88(102)92-63-72(48-59-106(92)119)71-46-57-104-90(62-71)86-35-17-23-41-100(86)117(104)77-50-54-82-80-33-15-21-39-94(80)111(3,4)96(82)66-77/h5-67H,1-4H3. The molecule has 3 aliphatic rings. The number of rotatable bonds is 10. The Bertz CT molecular complexity index is 8070. The summed E-state index contributed by atoms with van der Waals surface area (Å²) in [4.78, 5) is 16.7. The van der Waals surface area contributed by atoms with Crippen LogP contribution < -0.4 is 0 Å². The average Bonchev–Trinajstić information content (AvgIpc) is 1.53. The molecule has 0 atom stereocenters. The molecule has 22 aromatic rings. The summed E-state index contributed by atoms with van der Waals surface area (Å²) >= 11 is 0. The van der Waals surface area contributed by atoms with Gasteiger partial charge in [0.25, 0.3) is 0 Å². The van der Waals surface area contributed by atoms with Gasteiger partial charge in [-0.2, -0.15) is 9.97 Å². The van der Waals surface area contributed by atoms with Crippen molar-refractivity contribution in [2.45, 2.75) is 43.9 Å². The van der Waals surface area contributed by atoms with Crippen molar-refractivity contribution in [2.75, 3.05) is 0 Å². The highest BCUT2D eigenvalue weighted by Gasteiger charge is 2.47. The molecule has 0 radical (unpaired) electrons. The fraction of sp³-hybridized carbons (Fsp3) is 0.0625. The topological polar surface area (TPSA) is 58.4 Å². The first-order chi connectivity index (χ1) is 58.5. The lowest BCUT2D eigenvalue weighted by molar-refractivity contribution is 0.660. The molecule has 0 saturated carbocycles. The van der Waals surface area contributed by atoms with E-state index in [-0.39, 0.29) is 10.8 Å². The van der Waals surface area contributed by atoms with E-state index < -0.39 is 5.41 Å². The molecule has 7 heteroatoms. The Kier molecular flexibility index (Phi) is 14.1. The van der Waals surface area contributed by atoms with Crippen molar-refractivity contribution >= 4 is 87.2 Å². The minimum absolute atomic E-state index is 0.114. The zero-order chi connectivity index (χ0) is 78.7. The summed E-state index contributed by atoms with van der Waals surface area (Å²) in [6, 6.07) is 142. The van der Waals surface area contributed by atoms with Crippen LogP contribution in [0.3, 0.4) is 0 Å². The van der Waals surface area contributed by atoms with Crippen LogP contribution in [0.4, 0.5) is 0 Å². The fourth-order valence-corrected chi connectivity index (χ4v) is 21.4. The van der Waals surface area contributed by atoms with E-state index >= 15 is 0 Å². The van der Waals surface area contributed by atoms with E-state index in [0.717, 1.165) is 71.9 Å². The summed E-state index contributed by atoms with van der Waals surface area (Å²) < 4.78 is 9.65. The summed E-state index contributed by atoms with van der Waals surface area (Å²) in [6.45, 7) is 9.45. The van der Waals surface area contributed by atoms with Crippen LogP contribution in [0.1, 0.15) is 72.2 Å². The van der Waals surface area contributed by atoms with Crippen LogP contribution >= 0.6 is 0 Å². The van der Waals surface area contributed by atoms with Gasteiger partial charge in [0.15, 0.2) is 11.6 Å². The van der Waals surface area contributed by atoms with Gasteiger partial charge < -0.3 is 13.7 Å². The fourth-order valence-electron chi connectivity index (χ4n) is 21.4. The summed E-state index contributed by atoms with van der Waals surface area (Å²) in [7, 11) is 0. The molecule has 0 bridgehead atoms. The van der Waals surface area contributed by atoms with Gasteiger partial charge in [-0.25, -0.2) is 4.98 Å². The molecular formula is C112H75N7. The normalized spacial score (nSPS) is 13.9. The van der Waals surface area contributed by atoms with Crippen molar-refractivity contribution < 1.29 is 0 Å². The van der Waals surface area contributed by atoms with E-state index in [9.17, 15) is 0 Å². The van der Waals surface area contributed by atoms with Crippen molar-refractivity contribution in [2.24, 2.45) is 0 Å². The molecule has 25 rings (SSSR count). The second kappa shape index (κ2) is 25.0. The first-order valence-corrected chi connectivity index (χ1v) is 41.4. The van der Waals surface area contributed by atoms with E-state index in [0.29, 0.717) is 17.6 Å².